The number of H-pyrrole nitrogens is 1. The van der Waals surface area contributed by atoms with E-state index in [1.54, 1.807) is 18.6 Å². The summed E-state index contributed by atoms with van der Waals surface area (Å²) in [5, 5.41) is 0. The van der Waals surface area contributed by atoms with E-state index in [2.05, 4.69) is 15.0 Å². The molecule has 146 valence electrons. The van der Waals surface area contributed by atoms with Gasteiger partial charge >= 0.3 is 0 Å². The number of likely N-dealkylation sites (tertiary alicyclic amines) is 1. The lowest BCUT2D eigenvalue weighted by Crippen LogP contribution is -2.31. The topological polar surface area (TPSA) is 66.8 Å². The van der Waals surface area contributed by atoms with Gasteiger partial charge in [0.05, 0.1) is 23.4 Å². The van der Waals surface area contributed by atoms with Gasteiger partial charge in [0.15, 0.2) is 0 Å². The number of benzene rings is 2. The van der Waals surface area contributed by atoms with Crippen LogP contribution in [0, 0.1) is 5.82 Å². The number of rotatable bonds is 4. The Morgan fingerprint density at radius 3 is 2.86 bits per heavy atom. The van der Waals surface area contributed by atoms with Crippen molar-refractivity contribution in [1.29, 1.82) is 0 Å². The van der Waals surface area contributed by atoms with Crippen LogP contribution in [0.3, 0.4) is 0 Å². The van der Waals surface area contributed by atoms with E-state index in [9.17, 15) is 9.18 Å². The molecule has 5 rings (SSSR count). The third-order valence-electron chi connectivity index (χ3n) is 5.42. The lowest BCUT2D eigenvalue weighted by Gasteiger charge is -2.23. The van der Waals surface area contributed by atoms with Crippen LogP contribution in [0.5, 0.6) is 0 Å². The maximum absolute atomic E-state index is 13.5. The second-order valence-electron chi connectivity index (χ2n) is 7.37. The van der Waals surface area contributed by atoms with Crippen LogP contribution >= 0.6 is 0 Å². The standard InChI is InChI=1S/C22H20FN5O/c23-17-7-8-18-19(12-17)26-21(25-18)20-2-1-10-28(20)22(29)16-5-3-15(4-6-16)13-27-11-9-24-14-27/h3-9,11-12,14,20H,1-2,10,13H2,(H,25,26). The van der Waals surface area contributed by atoms with Crippen LogP contribution in [0.25, 0.3) is 11.0 Å². The van der Waals surface area contributed by atoms with E-state index in [0.717, 1.165) is 24.9 Å². The largest absolute Gasteiger partial charge is 0.340 e. The highest BCUT2D eigenvalue weighted by Gasteiger charge is 2.32. The molecule has 6 nitrogen and oxygen atoms in total. The van der Waals surface area contributed by atoms with Crippen molar-refractivity contribution in [2.75, 3.05) is 6.54 Å². The zero-order valence-electron chi connectivity index (χ0n) is 15.8. The Labute approximate surface area is 167 Å². The van der Waals surface area contributed by atoms with Gasteiger partial charge in [-0.1, -0.05) is 12.1 Å². The van der Waals surface area contributed by atoms with Crippen LogP contribution in [0.2, 0.25) is 0 Å². The molecule has 4 aromatic rings. The molecule has 0 radical (unpaired) electrons. The Balaban J connectivity index is 1.36. The molecule has 29 heavy (non-hydrogen) atoms. The van der Waals surface area contributed by atoms with Gasteiger partial charge in [0, 0.05) is 31.0 Å². The van der Waals surface area contributed by atoms with Gasteiger partial charge in [-0.15, -0.1) is 0 Å². The fourth-order valence-electron chi connectivity index (χ4n) is 3.96. The summed E-state index contributed by atoms with van der Waals surface area (Å²) in [6.45, 7) is 1.40. The molecule has 1 saturated heterocycles. The van der Waals surface area contributed by atoms with Gasteiger partial charge in [-0.05, 0) is 48.7 Å². The first-order chi connectivity index (χ1) is 14.2. The zero-order valence-corrected chi connectivity index (χ0v) is 15.8. The Hall–Kier alpha value is -3.48. The molecule has 1 aliphatic heterocycles. The highest BCUT2D eigenvalue weighted by molar-refractivity contribution is 5.94. The summed E-state index contributed by atoms with van der Waals surface area (Å²) < 4.78 is 15.5. The average molecular weight is 389 g/mol. The number of nitrogens with one attached hydrogen (secondary N) is 1. The van der Waals surface area contributed by atoms with Crippen molar-refractivity contribution < 1.29 is 9.18 Å². The minimum atomic E-state index is -0.303. The normalized spacial score (nSPS) is 16.6. The molecule has 0 aliphatic carbocycles. The van der Waals surface area contributed by atoms with Crippen molar-refractivity contribution in [2.24, 2.45) is 0 Å². The van der Waals surface area contributed by atoms with E-state index in [0.29, 0.717) is 29.0 Å². The first kappa shape index (κ1) is 17.6. The van der Waals surface area contributed by atoms with Gasteiger partial charge in [0.25, 0.3) is 5.91 Å². The Morgan fingerprint density at radius 1 is 1.21 bits per heavy atom. The van der Waals surface area contributed by atoms with Crippen molar-refractivity contribution in [3.8, 4) is 0 Å². The fourth-order valence-corrected chi connectivity index (χ4v) is 3.96. The van der Waals surface area contributed by atoms with Gasteiger partial charge in [-0.25, -0.2) is 14.4 Å². The molecule has 7 heteroatoms. The van der Waals surface area contributed by atoms with Crippen LogP contribution in [-0.4, -0.2) is 36.9 Å². The van der Waals surface area contributed by atoms with Crippen LogP contribution in [0.4, 0.5) is 4.39 Å². The number of amides is 1. The molecule has 2 aromatic carbocycles. The number of aromatic amines is 1. The van der Waals surface area contributed by atoms with E-state index < -0.39 is 0 Å². The van der Waals surface area contributed by atoms with E-state index in [1.807, 2.05) is 39.9 Å². The van der Waals surface area contributed by atoms with E-state index in [4.69, 9.17) is 0 Å². The van der Waals surface area contributed by atoms with Crippen LogP contribution in [0.1, 0.15) is 40.6 Å². The molecular formula is C22H20FN5O. The summed E-state index contributed by atoms with van der Waals surface area (Å²) in [6, 6.07) is 12.1. The molecule has 1 aliphatic rings. The van der Waals surface area contributed by atoms with Gasteiger partial charge in [0.1, 0.15) is 11.6 Å². The SMILES string of the molecule is O=C(c1ccc(Cn2ccnc2)cc1)N1CCCC1c1nc2ccc(F)cc2[nH]1. The van der Waals surface area contributed by atoms with Gasteiger partial charge in [-0.3, -0.25) is 4.79 Å². The van der Waals surface area contributed by atoms with E-state index in [-0.39, 0.29) is 17.8 Å². The van der Waals surface area contributed by atoms with Crippen molar-refractivity contribution in [3.05, 3.63) is 84.0 Å². The lowest BCUT2D eigenvalue weighted by atomic mass is 10.1. The average Bonchev–Trinajstić information content (AvgIpc) is 3.47. The van der Waals surface area contributed by atoms with Gasteiger partial charge in [-0.2, -0.15) is 0 Å². The summed E-state index contributed by atoms with van der Waals surface area (Å²) in [5.41, 5.74) is 3.14. The summed E-state index contributed by atoms with van der Waals surface area (Å²) in [5.74, 6) is 0.407. The minimum Gasteiger partial charge on any atom is -0.340 e. The van der Waals surface area contributed by atoms with Crippen molar-refractivity contribution in [2.45, 2.75) is 25.4 Å². The Morgan fingerprint density at radius 2 is 2.07 bits per heavy atom. The minimum absolute atomic E-state index is 0.00619. The summed E-state index contributed by atoms with van der Waals surface area (Å²) >= 11 is 0. The molecule has 1 amide bonds. The fraction of sp³-hybridized carbons (Fsp3) is 0.227. The highest BCUT2D eigenvalue weighted by Crippen LogP contribution is 2.32. The third kappa shape index (κ3) is 3.40. The number of nitrogens with zero attached hydrogens (tertiary/aromatic N) is 4. The number of carbonyl (C=O) groups is 1. The number of fused-ring (bicyclic) bond motifs is 1. The molecule has 1 fully saturated rings. The molecule has 3 heterocycles. The quantitative estimate of drug-likeness (QED) is 0.575. The Bertz CT molecular complexity index is 1150. The number of halogens is 1. The number of hydrogen-bond donors (Lipinski definition) is 1. The smallest absolute Gasteiger partial charge is 0.254 e. The highest BCUT2D eigenvalue weighted by atomic mass is 19.1. The third-order valence-corrected chi connectivity index (χ3v) is 5.42. The van der Waals surface area contributed by atoms with Gasteiger partial charge < -0.3 is 14.5 Å². The molecule has 0 saturated carbocycles. The molecule has 0 bridgehead atoms. The summed E-state index contributed by atoms with van der Waals surface area (Å²) in [4.78, 5) is 26.8. The maximum atomic E-state index is 13.5. The predicted molar refractivity (Wildman–Crippen MR) is 107 cm³/mol. The van der Waals surface area contributed by atoms with Crippen LogP contribution in [0.15, 0.2) is 61.2 Å². The van der Waals surface area contributed by atoms with E-state index in [1.165, 1.54) is 12.1 Å². The van der Waals surface area contributed by atoms with Crippen molar-refractivity contribution >= 4 is 16.9 Å². The molecular weight excluding hydrogens is 369 g/mol. The predicted octanol–water partition coefficient (Wildman–Crippen LogP) is 3.92. The number of carbonyl (C=O) groups excluding carboxylic acids is 1. The maximum Gasteiger partial charge on any atom is 0.254 e. The van der Waals surface area contributed by atoms with Crippen LogP contribution in [-0.2, 0) is 6.54 Å². The molecule has 2 aromatic heterocycles. The molecule has 1 atom stereocenters. The second-order valence-corrected chi connectivity index (χ2v) is 7.37. The number of hydrogen-bond acceptors (Lipinski definition) is 3. The summed E-state index contributed by atoms with van der Waals surface area (Å²) in [6.07, 6.45) is 7.19. The van der Waals surface area contributed by atoms with Crippen molar-refractivity contribution in [1.82, 2.24) is 24.4 Å². The number of aromatic nitrogens is 4. The van der Waals surface area contributed by atoms with Gasteiger partial charge in [0.2, 0.25) is 0 Å². The van der Waals surface area contributed by atoms with E-state index >= 15 is 0 Å². The zero-order chi connectivity index (χ0) is 19.8. The molecule has 1 unspecified atom stereocenters. The first-order valence-electron chi connectivity index (χ1n) is 9.68. The number of imidazole rings is 2. The molecule has 0 spiro atoms. The van der Waals surface area contributed by atoms with Crippen molar-refractivity contribution in [3.63, 3.8) is 0 Å². The van der Waals surface area contributed by atoms with Crippen LogP contribution < -0.4 is 0 Å². The monoisotopic (exact) mass is 389 g/mol. The first-order valence-corrected chi connectivity index (χ1v) is 9.68. The summed E-state index contributed by atoms with van der Waals surface area (Å²) in [7, 11) is 0. The lowest BCUT2D eigenvalue weighted by molar-refractivity contribution is 0.0730. The Kier molecular flexibility index (Phi) is 4.35. The second kappa shape index (κ2) is 7.16. The molecule has 1 N–H and O–H groups in total.